The minimum atomic E-state index is -0.214. The van der Waals surface area contributed by atoms with Crippen LogP contribution in [0.15, 0.2) is 24.3 Å². The lowest BCUT2D eigenvalue weighted by Crippen LogP contribution is -2.47. The molecular weight excluding hydrogens is 269 g/mol. The molecule has 1 amide bonds. The van der Waals surface area contributed by atoms with Crippen molar-refractivity contribution in [2.24, 2.45) is 0 Å². The Morgan fingerprint density at radius 2 is 2.14 bits per heavy atom. The zero-order valence-corrected chi connectivity index (χ0v) is 12.6. The molecule has 0 bridgehead atoms. The van der Waals surface area contributed by atoms with E-state index in [1.165, 1.54) is 12.1 Å². The Kier molecular flexibility index (Phi) is 6.14. The van der Waals surface area contributed by atoms with Gasteiger partial charge in [0.2, 0.25) is 5.91 Å². The summed E-state index contributed by atoms with van der Waals surface area (Å²) in [5.74, 6) is -0.112. The number of likely N-dealkylation sites (N-methyl/N-ethyl adjacent to an activating group) is 1. The Balaban J connectivity index is 1.65. The van der Waals surface area contributed by atoms with Gasteiger partial charge in [0.1, 0.15) is 5.82 Å². The highest BCUT2D eigenvalue weighted by Crippen LogP contribution is 2.07. The fraction of sp³-hybridized carbons (Fsp3) is 0.562. The summed E-state index contributed by atoms with van der Waals surface area (Å²) in [6.45, 7) is 3.09. The number of amides is 1. The predicted molar refractivity (Wildman–Crippen MR) is 81.4 cm³/mol. The number of rotatable bonds is 6. The van der Waals surface area contributed by atoms with Gasteiger partial charge in [0.05, 0.1) is 6.04 Å². The maximum absolute atomic E-state index is 12.8. The van der Waals surface area contributed by atoms with E-state index in [1.54, 1.807) is 12.1 Å². The second-order valence-corrected chi connectivity index (χ2v) is 5.66. The van der Waals surface area contributed by atoms with Gasteiger partial charge in [-0.25, -0.2) is 4.39 Å². The van der Waals surface area contributed by atoms with Crippen molar-refractivity contribution in [1.29, 1.82) is 0 Å². The molecule has 0 saturated carbocycles. The fourth-order valence-electron chi connectivity index (χ4n) is 2.55. The molecule has 1 atom stereocenters. The highest BCUT2D eigenvalue weighted by Gasteiger charge is 2.19. The van der Waals surface area contributed by atoms with Gasteiger partial charge in [-0.15, -0.1) is 0 Å². The summed E-state index contributed by atoms with van der Waals surface area (Å²) < 4.78 is 12.8. The molecule has 0 radical (unpaired) electrons. The number of nitrogens with one attached hydrogen (secondary N) is 2. The molecule has 116 valence electrons. The van der Waals surface area contributed by atoms with Crippen molar-refractivity contribution in [1.82, 2.24) is 15.5 Å². The summed E-state index contributed by atoms with van der Waals surface area (Å²) in [6.07, 6.45) is 3.21. The number of nitrogens with zero attached hydrogens (tertiary/aromatic N) is 1. The standard InChI is InChI=1S/C16H24FN3O/c1-20(12-13-5-7-14(17)8-6-13)11-10-19-16(21)15-4-2-3-9-18-15/h5-8,15,18H,2-4,9-12H2,1H3,(H,19,21)/t15-/m1/s1. The van der Waals surface area contributed by atoms with E-state index in [-0.39, 0.29) is 17.8 Å². The third-order valence-electron chi connectivity index (χ3n) is 3.79. The molecule has 1 aliphatic heterocycles. The van der Waals surface area contributed by atoms with Crippen LogP contribution in [0.25, 0.3) is 0 Å². The maximum Gasteiger partial charge on any atom is 0.237 e. The molecule has 1 saturated heterocycles. The number of hydrogen-bond donors (Lipinski definition) is 2. The first-order chi connectivity index (χ1) is 10.1. The van der Waals surface area contributed by atoms with Gasteiger partial charge in [-0.3, -0.25) is 4.79 Å². The molecule has 0 aliphatic carbocycles. The Bertz CT molecular complexity index is 443. The number of carbonyl (C=O) groups is 1. The second-order valence-electron chi connectivity index (χ2n) is 5.66. The molecule has 21 heavy (non-hydrogen) atoms. The summed E-state index contributed by atoms with van der Waals surface area (Å²) in [6, 6.07) is 6.49. The van der Waals surface area contributed by atoms with Crippen molar-refractivity contribution in [3.63, 3.8) is 0 Å². The van der Waals surface area contributed by atoms with Crippen LogP contribution in [0.3, 0.4) is 0 Å². The van der Waals surface area contributed by atoms with Crippen LogP contribution in [0.2, 0.25) is 0 Å². The van der Waals surface area contributed by atoms with E-state index < -0.39 is 0 Å². The number of carbonyl (C=O) groups excluding carboxylic acids is 1. The number of benzene rings is 1. The number of hydrogen-bond acceptors (Lipinski definition) is 3. The topological polar surface area (TPSA) is 44.4 Å². The van der Waals surface area contributed by atoms with E-state index in [0.717, 1.165) is 44.5 Å². The molecule has 1 aromatic carbocycles. The van der Waals surface area contributed by atoms with Gasteiger partial charge in [0.25, 0.3) is 0 Å². The van der Waals surface area contributed by atoms with Crippen LogP contribution in [0.1, 0.15) is 24.8 Å². The summed E-state index contributed by atoms with van der Waals surface area (Å²) in [5, 5.41) is 6.22. The van der Waals surface area contributed by atoms with Crippen LogP contribution in [0.4, 0.5) is 4.39 Å². The van der Waals surface area contributed by atoms with Gasteiger partial charge in [-0.2, -0.15) is 0 Å². The summed E-state index contributed by atoms with van der Waals surface area (Å²) in [4.78, 5) is 14.1. The minimum absolute atomic E-state index is 0.0267. The van der Waals surface area contributed by atoms with Crippen molar-refractivity contribution in [2.75, 3.05) is 26.7 Å². The van der Waals surface area contributed by atoms with Crippen LogP contribution >= 0.6 is 0 Å². The highest BCUT2D eigenvalue weighted by atomic mass is 19.1. The first-order valence-corrected chi connectivity index (χ1v) is 7.59. The van der Waals surface area contributed by atoms with Gasteiger partial charge in [0, 0.05) is 19.6 Å². The van der Waals surface area contributed by atoms with E-state index in [1.807, 2.05) is 7.05 Å². The molecule has 1 aliphatic rings. The smallest absolute Gasteiger partial charge is 0.237 e. The Morgan fingerprint density at radius 3 is 2.81 bits per heavy atom. The van der Waals surface area contributed by atoms with Crippen molar-refractivity contribution in [2.45, 2.75) is 31.8 Å². The minimum Gasteiger partial charge on any atom is -0.353 e. The van der Waals surface area contributed by atoms with E-state index in [9.17, 15) is 9.18 Å². The first-order valence-electron chi connectivity index (χ1n) is 7.59. The van der Waals surface area contributed by atoms with Gasteiger partial charge in [-0.1, -0.05) is 18.6 Å². The van der Waals surface area contributed by atoms with Crippen LogP contribution in [0.5, 0.6) is 0 Å². The second kappa shape index (κ2) is 8.10. The average Bonchev–Trinajstić information content (AvgIpc) is 2.50. The molecule has 0 aromatic heterocycles. The Hall–Kier alpha value is -1.46. The predicted octanol–water partition coefficient (Wildman–Crippen LogP) is 1.52. The molecule has 1 aromatic rings. The van der Waals surface area contributed by atoms with Crippen molar-refractivity contribution in [3.8, 4) is 0 Å². The average molecular weight is 293 g/mol. The Morgan fingerprint density at radius 1 is 1.38 bits per heavy atom. The molecule has 2 rings (SSSR count). The summed E-state index contributed by atoms with van der Waals surface area (Å²) in [7, 11) is 1.99. The molecule has 1 heterocycles. The zero-order chi connectivity index (χ0) is 15.1. The maximum atomic E-state index is 12.8. The highest BCUT2D eigenvalue weighted by molar-refractivity contribution is 5.81. The van der Waals surface area contributed by atoms with Crippen molar-refractivity contribution < 1.29 is 9.18 Å². The van der Waals surface area contributed by atoms with Gasteiger partial charge < -0.3 is 15.5 Å². The van der Waals surface area contributed by atoms with Crippen LogP contribution in [0, 0.1) is 5.82 Å². The van der Waals surface area contributed by atoms with E-state index in [0.29, 0.717) is 6.54 Å². The number of halogens is 1. The third kappa shape index (κ3) is 5.44. The summed E-state index contributed by atoms with van der Waals surface area (Å²) in [5.41, 5.74) is 1.07. The largest absolute Gasteiger partial charge is 0.353 e. The third-order valence-corrected chi connectivity index (χ3v) is 3.79. The summed E-state index contributed by atoms with van der Waals surface area (Å²) >= 11 is 0. The lowest BCUT2D eigenvalue weighted by Gasteiger charge is -2.23. The number of piperidine rings is 1. The quantitative estimate of drug-likeness (QED) is 0.836. The fourth-order valence-corrected chi connectivity index (χ4v) is 2.55. The van der Waals surface area contributed by atoms with Gasteiger partial charge in [-0.05, 0) is 44.1 Å². The molecule has 4 nitrogen and oxygen atoms in total. The molecule has 2 N–H and O–H groups in total. The molecule has 5 heteroatoms. The van der Waals surface area contributed by atoms with Crippen LogP contribution < -0.4 is 10.6 Å². The van der Waals surface area contributed by atoms with E-state index >= 15 is 0 Å². The SMILES string of the molecule is CN(CCNC(=O)[C@H]1CCCCN1)Cc1ccc(F)cc1. The van der Waals surface area contributed by atoms with Crippen LogP contribution in [-0.4, -0.2) is 43.5 Å². The lowest BCUT2D eigenvalue weighted by atomic mass is 10.0. The van der Waals surface area contributed by atoms with Gasteiger partial charge in [0.15, 0.2) is 0 Å². The van der Waals surface area contributed by atoms with Gasteiger partial charge >= 0.3 is 0 Å². The van der Waals surface area contributed by atoms with Crippen LogP contribution in [-0.2, 0) is 11.3 Å². The van der Waals surface area contributed by atoms with E-state index in [4.69, 9.17) is 0 Å². The van der Waals surface area contributed by atoms with Crippen molar-refractivity contribution in [3.05, 3.63) is 35.6 Å². The zero-order valence-electron chi connectivity index (χ0n) is 12.6. The van der Waals surface area contributed by atoms with Crippen molar-refractivity contribution >= 4 is 5.91 Å². The molecule has 1 fully saturated rings. The lowest BCUT2D eigenvalue weighted by molar-refractivity contribution is -0.123. The molecule has 0 spiro atoms. The van der Waals surface area contributed by atoms with E-state index in [2.05, 4.69) is 15.5 Å². The monoisotopic (exact) mass is 293 g/mol. The Labute approximate surface area is 125 Å². The normalized spacial score (nSPS) is 18.7. The molecular formula is C16H24FN3O. The molecule has 0 unspecified atom stereocenters. The first kappa shape index (κ1) is 15.9.